The molecular formula is C31H34N6O3. The van der Waals surface area contributed by atoms with E-state index in [2.05, 4.69) is 28.7 Å². The number of hydrogen-bond donors (Lipinski definition) is 2. The molecule has 3 aromatic rings. The molecule has 3 heterocycles. The van der Waals surface area contributed by atoms with Gasteiger partial charge in [0.2, 0.25) is 5.91 Å². The Bertz CT molecular complexity index is 1510. The Kier molecular flexibility index (Phi) is 5.52. The molecule has 4 aliphatic rings. The molecule has 0 bridgehead atoms. The number of aliphatic hydroxyl groups is 1. The van der Waals surface area contributed by atoms with Gasteiger partial charge in [-0.25, -0.2) is 0 Å². The molecule has 2 saturated carbocycles. The summed E-state index contributed by atoms with van der Waals surface area (Å²) in [6.45, 7) is 3.30. The largest absolute Gasteiger partial charge is 0.497 e. The van der Waals surface area contributed by atoms with Crippen LogP contribution in [0.15, 0.2) is 54.7 Å². The van der Waals surface area contributed by atoms with Gasteiger partial charge in [-0.05, 0) is 79.3 Å². The molecule has 1 spiro atoms. The van der Waals surface area contributed by atoms with Crippen LogP contribution in [0.2, 0.25) is 0 Å². The normalized spacial score (nSPS) is 33.8. The van der Waals surface area contributed by atoms with Crippen LogP contribution in [0.5, 0.6) is 5.75 Å². The summed E-state index contributed by atoms with van der Waals surface area (Å²) in [5, 5.41) is 33.3. The number of carbonyl (C=O) groups excluding carboxylic acids is 1. The molecule has 9 heteroatoms. The van der Waals surface area contributed by atoms with Crippen molar-refractivity contribution in [2.75, 3.05) is 19.0 Å². The number of rotatable bonds is 6. The van der Waals surface area contributed by atoms with Gasteiger partial charge in [-0.1, -0.05) is 30.3 Å². The van der Waals surface area contributed by atoms with E-state index < -0.39 is 5.41 Å². The lowest BCUT2D eigenvalue weighted by molar-refractivity contribution is -0.126. The van der Waals surface area contributed by atoms with Gasteiger partial charge in [-0.15, -0.1) is 5.10 Å². The number of ether oxygens (including phenoxy) is 1. The van der Waals surface area contributed by atoms with Crippen molar-refractivity contribution in [3.63, 3.8) is 0 Å². The number of fused-ring (bicyclic) bond motifs is 1. The van der Waals surface area contributed by atoms with E-state index >= 15 is 0 Å². The molecule has 206 valence electrons. The summed E-state index contributed by atoms with van der Waals surface area (Å²) in [6, 6.07) is 15.2. The van der Waals surface area contributed by atoms with Gasteiger partial charge in [0.05, 0.1) is 30.9 Å². The third-order valence-corrected chi connectivity index (χ3v) is 10.8. The molecule has 40 heavy (non-hydrogen) atoms. The van der Waals surface area contributed by atoms with Crippen LogP contribution in [0.25, 0.3) is 11.3 Å². The second-order valence-electron chi connectivity index (χ2n) is 12.3. The topological polar surface area (TPSA) is 116 Å². The molecule has 0 radical (unpaired) electrons. The summed E-state index contributed by atoms with van der Waals surface area (Å²) in [5.74, 6) is 1.07. The minimum atomic E-state index is -0.926. The third kappa shape index (κ3) is 3.38. The maximum Gasteiger partial charge on any atom is 0.237 e. The predicted molar refractivity (Wildman–Crippen MR) is 148 cm³/mol. The van der Waals surface area contributed by atoms with Gasteiger partial charge in [0, 0.05) is 29.8 Å². The predicted octanol–water partition coefficient (Wildman–Crippen LogP) is 3.96. The molecular weight excluding hydrogens is 504 g/mol. The van der Waals surface area contributed by atoms with Gasteiger partial charge in [-0.2, -0.15) is 5.26 Å². The average Bonchev–Trinajstić information content (AvgIpc) is 3.24. The Labute approximate surface area is 233 Å². The van der Waals surface area contributed by atoms with Crippen molar-refractivity contribution in [1.29, 1.82) is 5.26 Å². The second-order valence-corrected chi connectivity index (χ2v) is 12.3. The minimum absolute atomic E-state index is 0.0394. The molecule has 2 aliphatic heterocycles. The van der Waals surface area contributed by atoms with Crippen molar-refractivity contribution in [2.24, 2.45) is 16.7 Å². The second kappa shape index (κ2) is 8.80. The number of amides is 1. The molecule has 0 unspecified atom stereocenters. The molecule has 1 amide bonds. The van der Waals surface area contributed by atoms with Crippen molar-refractivity contribution in [2.45, 2.75) is 63.1 Å². The molecule has 2 aliphatic carbocycles. The first-order chi connectivity index (χ1) is 19.3. The Morgan fingerprint density at radius 3 is 2.77 bits per heavy atom. The SMILES string of the molecule is COc1ccc(-c2cn(CC[C@]3([C@@H]4C[C@]56C[C@@]5(C)[C@@H](O)CC[C@H]6CN4C#N)C(=O)Nc4ccccc43)nn2)cc1. The van der Waals surface area contributed by atoms with Gasteiger partial charge in [0.25, 0.3) is 0 Å². The summed E-state index contributed by atoms with van der Waals surface area (Å²) in [5.41, 5.74) is 2.31. The van der Waals surface area contributed by atoms with E-state index in [9.17, 15) is 15.2 Å². The Morgan fingerprint density at radius 1 is 1.20 bits per heavy atom. The van der Waals surface area contributed by atoms with Gasteiger partial charge in [-0.3, -0.25) is 9.48 Å². The van der Waals surface area contributed by atoms with E-state index in [-0.39, 0.29) is 28.9 Å². The highest BCUT2D eigenvalue weighted by Crippen LogP contribution is 2.77. The summed E-state index contributed by atoms with van der Waals surface area (Å²) >= 11 is 0. The molecule has 7 rings (SSSR count). The average molecular weight is 539 g/mol. The lowest BCUT2D eigenvalue weighted by Crippen LogP contribution is -2.60. The number of carbonyl (C=O) groups is 1. The van der Waals surface area contributed by atoms with Crippen molar-refractivity contribution in [3.8, 4) is 23.2 Å². The van der Waals surface area contributed by atoms with E-state index in [1.165, 1.54) is 0 Å². The number of piperidine rings is 1. The molecule has 6 atom stereocenters. The number of benzene rings is 2. The van der Waals surface area contributed by atoms with Crippen molar-refractivity contribution in [3.05, 3.63) is 60.3 Å². The smallest absolute Gasteiger partial charge is 0.237 e. The lowest BCUT2D eigenvalue weighted by Gasteiger charge is -2.52. The summed E-state index contributed by atoms with van der Waals surface area (Å²) in [7, 11) is 1.64. The number of nitrogens with one attached hydrogen (secondary N) is 1. The van der Waals surface area contributed by atoms with Crippen LogP contribution in [0.4, 0.5) is 5.69 Å². The van der Waals surface area contributed by atoms with E-state index in [0.29, 0.717) is 25.4 Å². The fraction of sp³-hybridized carbons (Fsp3) is 0.484. The van der Waals surface area contributed by atoms with Crippen LogP contribution in [0, 0.1) is 28.2 Å². The lowest BCUT2D eigenvalue weighted by atomic mass is 9.60. The Morgan fingerprint density at radius 2 is 2.00 bits per heavy atom. The molecule has 3 fully saturated rings. The molecule has 1 aromatic heterocycles. The maximum atomic E-state index is 14.1. The minimum Gasteiger partial charge on any atom is -0.497 e. The third-order valence-electron chi connectivity index (χ3n) is 10.8. The Balaban J connectivity index is 1.24. The highest BCUT2D eigenvalue weighted by atomic mass is 16.5. The van der Waals surface area contributed by atoms with Crippen LogP contribution in [-0.2, 0) is 16.8 Å². The van der Waals surface area contributed by atoms with E-state index in [4.69, 9.17) is 4.74 Å². The van der Waals surface area contributed by atoms with Gasteiger partial charge >= 0.3 is 0 Å². The standard InChI is InChI=1S/C31H34N6O3/c1-29-18-30(29)15-26(36(19-32)16-21(30)9-12-27(29)38)31(23-5-3-4-6-24(23)33-28(31)39)13-14-37-17-25(34-35-37)20-7-10-22(40-2)11-8-20/h3-8,10-11,17,21,26-27,38H,9,12-16,18H2,1-2H3,(H,33,39)/t21-,26-,27-,29-,30+,31-/m0/s1. The van der Waals surface area contributed by atoms with Crippen molar-refractivity contribution in [1.82, 2.24) is 19.9 Å². The number of anilines is 1. The van der Waals surface area contributed by atoms with Crippen LogP contribution in [0.1, 0.15) is 44.6 Å². The number of aliphatic hydroxyl groups excluding tert-OH is 1. The van der Waals surface area contributed by atoms with Gasteiger partial charge < -0.3 is 20.1 Å². The number of methoxy groups -OCH3 is 1. The molecule has 2 N–H and O–H groups in total. The van der Waals surface area contributed by atoms with Crippen LogP contribution in [-0.4, -0.2) is 56.7 Å². The number of aromatic nitrogens is 3. The first-order valence-corrected chi connectivity index (χ1v) is 14.1. The molecule has 1 saturated heterocycles. The number of nitrogens with zero attached hydrogens (tertiary/aromatic N) is 5. The van der Waals surface area contributed by atoms with Crippen molar-refractivity contribution < 1.29 is 14.6 Å². The fourth-order valence-corrected chi connectivity index (χ4v) is 8.41. The number of para-hydroxylation sites is 1. The summed E-state index contributed by atoms with van der Waals surface area (Å²) in [4.78, 5) is 16.0. The highest BCUT2D eigenvalue weighted by molar-refractivity contribution is 6.07. The van der Waals surface area contributed by atoms with E-state index in [1.807, 2.05) is 59.6 Å². The van der Waals surface area contributed by atoms with Crippen LogP contribution < -0.4 is 10.1 Å². The number of nitriles is 1. The summed E-state index contributed by atoms with van der Waals surface area (Å²) < 4.78 is 7.06. The number of likely N-dealkylation sites (tertiary alicyclic amines) is 1. The monoisotopic (exact) mass is 538 g/mol. The first-order valence-electron chi connectivity index (χ1n) is 14.1. The first kappa shape index (κ1) is 25.1. The zero-order valence-electron chi connectivity index (χ0n) is 22.9. The van der Waals surface area contributed by atoms with E-state index in [1.54, 1.807) is 11.8 Å². The van der Waals surface area contributed by atoms with Crippen molar-refractivity contribution >= 4 is 11.6 Å². The zero-order chi connectivity index (χ0) is 27.7. The number of aryl methyl sites for hydroxylation is 1. The Hall–Kier alpha value is -3.90. The maximum absolute atomic E-state index is 14.1. The van der Waals surface area contributed by atoms with Gasteiger partial charge in [0.15, 0.2) is 6.19 Å². The summed E-state index contributed by atoms with van der Waals surface area (Å²) in [6.07, 6.45) is 7.90. The number of hydrogen-bond acceptors (Lipinski definition) is 7. The van der Waals surface area contributed by atoms with Crippen LogP contribution in [0.3, 0.4) is 0 Å². The fourth-order valence-electron chi connectivity index (χ4n) is 8.41. The highest BCUT2D eigenvalue weighted by Gasteiger charge is 2.75. The zero-order valence-corrected chi connectivity index (χ0v) is 22.9. The molecule has 2 aromatic carbocycles. The van der Waals surface area contributed by atoms with Gasteiger partial charge in [0.1, 0.15) is 11.4 Å². The van der Waals surface area contributed by atoms with Crippen LogP contribution >= 0.6 is 0 Å². The molecule has 9 nitrogen and oxygen atoms in total. The van der Waals surface area contributed by atoms with E-state index in [0.717, 1.165) is 53.9 Å². The quantitative estimate of drug-likeness (QED) is 0.457.